The van der Waals surface area contributed by atoms with Gasteiger partial charge in [0.25, 0.3) is 5.56 Å². The van der Waals surface area contributed by atoms with Crippen LogP contribution in [0.1, 0.15) is 49.3 Å². The van der Waals surface area contributed by atoms with Crippen molar-refractivity contribution < 1.29 is 14.3 Å². The summed E-state index contributed by atoms with van der Waals surface area (Å²) in [6, 6.07) is -0.174. The van der Waals surface area contributed by atoms with Gasteiger partial charge in [-0.15, -0.1) is 0 Å². The van der Waals surface area contributed by atoms with Crippen molar-refractivity contribution in [3.63, 3.8) is 0 Å². The number of aldehydes is 1. The molecule has 128 valence electrons. The first-order chi connectivity index (χ1) is 11.2. The van der Waals surface area contributed by atoms with Crippen molar-refractivity contribution in [2.45, 2.75) is 52.3 Å². The monoisotopic (exact) mass is 332 g/mol. The first-order valence-electron chi connectivity index (χ1n) is 7.78. The quantitative estimate of drug-likeness (QED) is 0.799. The van der Waals surface area contributed by atoms with Crippen LogP contribution in [0.2, 0.25) is 0 Å². The lowest BCUT2D eigenvalue weighted by Crippen LogP contribution is -2.47. The SMILES string of the molecule is CC1Cc2c(n3ncc(C=O)c3[nH]c2=O)CN1C(=O)OC(C)(C)C. The molecule has 0 bridgehead atoms. The molecule has 8 nitrogen and oxygen atoms in total. The summed E-state index contributed by atoms with van der Waals surface area (Å²) in [6.45, 7) is 7.49. The lowest BCUT2D eigenvalue weighted by Gasteiger charge is -2.35. The summed E-state index contributed by atoms with van der Waals surface area (Å²) in [5, 5.41) is 4.17. The molecule has 0 aromatic carbocycles. The number of hydrogen-bond donors (Lipinski definition) is 1. The minimum atomic E-state index is -0.600. The molecule has 1 N–H and O–H groups in total. The third kappa shape index (κ3) is 2.68. The maximum absolute atomic E-state index is 12.4. The van der Waals surface area contributed by atoms with Crippen molar-refractivity contribution in [3.05, 3.63) is 33.4 Å². The van der Waals surface area contributed by atoms with Gasteiger partial charge in [0.2, 0.25) is 0 Å². The van der Waals surface area contributed by atoms with Gasteiger partial charge in [0.1, 0.15) is 11.2 Å². The number of carbonyl (C=O) groups is 2. The number of H-pyrrole nitrogens is 1. The van der Waals surface area contributed by atoms with Crippen molar-refractivity contribution >= 4 is 18.0 Å². The van der Waals surface area contributed by atoms with E-state index in [4.69, 9.17) is 4.74 Å². The molecule has 1 aliphatic heterocycles. The second kappa shape index (κ2) is 5.47. The van der Waals surface area contributed by atoms with E-state index in [1.165, 1.54) is 10.7 Å². The van der Waals surface area contributed by atoms with Crippen LogP contribution in [0.5, 0.6) is 0 Å². The average molecular weight is 332 g/mol. The maximum atomic E-state index is 12.4. The zero-order valence-electron chi connectivity index (χ0n) is 14.1. The fourth-order valence-electron chi connectivity index (χ4n) is 2.88. The Bertz CT molecular complexity index is 875. The number of amides is 1. The van der Waals surface area contributed by atoms with Gasteiger partial charge in [-0.1, -0.05) is 0 Å². The molecule has 0 saturated heterocycles. The highest BCUT2D eigenvalue weighted by atomic mass is 16.6. The van der Waals surface area contributed by atoms with Crippen LogP contribution in [0.15, 0.2) is 11.0 Å². The van der Waals surface area contributed by atoms with Crippen LogP contribution < -0.4 is 5.56 Å². The molecular weight excluding hydrogens is 312 g/mol. The predicted molar refractivity (Wildman–Crippen MR) is 86.1 cm³/mol. The van der Waals surface area contributed by atoms with Gasteiger partial charge < -0.3 is 9.72 Å². The highest BCUT2D eigenvalue weighted by molar-refractivity contribution is 5.83. The Balaban J connectivity index is 2.06. The lowest BCUT2D eigenvalue weighted by atomic mass is 10.0. The molecule has 1 amide bonds. The van der Waals surface area contributed by atoms with Crippen LogP contribution in [0, 0.1) is 0 Å². The number of aromatic amines is 1. The Labute approximate surface area is 138 Å². The molecular formula is C16H20N4O4. The number of fused-ring (bicyclic) bond motifs is 3. The van der Waals surface area contributed by atoms with Gasteiger partial charge in [-0.3, -0.25) is 14.5 Å². The van der Waals surface area contributed by atoms with E-state index in [1.807, 2.05) is 6.92 Å². The summed E-state index contributed by atoms with van der Waals surface area (Å²) in [4.78, 5) is 40.2. The number of ether oxygens (including phenoxy) is 1. The number of carbonyl (C=O) groups excluding carboxylic acids is 2. The maximum Gasteiger partial charge on any atom is 0.410 e. The van der Waals surface area contributed by atoms with Crippen LogP contribution in [-0.4, -0.2) is 43.5 Å². The molecule has 0 fully saturated rings. The van der Waals surface area contributed by atoms with Gasteiger partial charge in [-0.2, -0.15) is 5.10 Å². The van der Waals surface area contributed by atoms with E-state index in [0.29, 0.717) is 35.2 Å². The number of nitrogens with zero attached hydrogens (tertiary/aromatic N) is 3. The third-order valence-corrected chi connectivity index (χ3v) is 4.01. The molecule has 0 spiro atoms. The Morgan fingerprint density at radius 2 is 2.17 bits per heavy atom. The van der Waals surface area contributed by atoms with Gasteiger partial charge in [-0.25, -0.2) is 9.31 Å². The molecule has 0 aliphatic carbocycles. The Hall–Kier alpha value is -2.64. The van der Waals surface area contributed by atoms with Gasteiger partial charge in [0, 0.05) is 18.0 Å². The smallest absolute Gasteiger partial charge is 0.410 e. The van der Waals surface area contributed by atoms with Crippen molar-refractivity contribution in [1.82, 2.24) is 19.5 Å². The molecule has 1 unspecified atom stereocenters. The standard InChI is InChI=1S/C16H20N4O4/c1-9-5-11-12(7-19(9)15(23)24-16(2,3)4)20-13(18-14(11)22)10(8-21)6-17-20/h6,8-9H,5,7H2,1-4H3,(H,18,22). The van der Waals surface area contributed by atoms with Gasteiger partial charge in [0.05, 0.1) is 24.0 Å². The van der Waals surface area contributed by atoms with E-state index in [-0.39, 0.29) is 18.1 Å². The van der Waals surface area contributed by atoms with Crippen molar-refractivity contribution in [2.75, 3.05) is 0 Å². The molecule has 24 heavy (non-hydrogen) atoms. The predicted octanol–water partition coefficient (Wildman–Crippen LogP) is 1.52. The molecule has 8 heteroatoms. The zero-order chi connectivity index (χ0) is 17.6. The first kappa shape index (κ1) is 16.2. The van der Waals surface area contributed by atoms with Crippen LogP contribution in [0.4, 0.5) is 4.79 Å². The summed E-state index contributed by atoms with van der Waals surface area (Å²) in [5.41, 5.74) is 0.972. The zero-order valence-corrected chi connectivity index (χ0v) is 14.1. The van der Waals surface area contributed by atoms with Crippen LogP contribution in [-0.2, 0) is 17.7 Å². The topological polar surface area (TPSA) is 96.8 Å². The molecule has 2 aromatic heterocycles. The molecule has 3 heterocycles. The Kier molecular flexibility index (Phi) is 3.70. The third-order valence-electron chi connectivity index (χ3n) is 4.01. The largest absolute Gasteiger partial charge is 0.444 e. The minimum absolute atomic E-state index is 0.174. The lowest BCUT2D eigenvalue weighted by molar-refractivity contribution is 0.0131. The summed E-state index contributed by atoms with van der Waals surface area (Å²) in [6.07, 6.45) is 2.00. The van der Waals surface area contributed by atoms with Crippen LogP contribution >= 0.6 is 0 Å². The highest BCUT2D eigenvalue weighted by Gasteiger charge is 2.33. The normalized spacial score (nSPS) is 17.7. The highest BCUT2D eigenvalue weighted by Crippen LogP contribution is 2.24. The molecule has 1 atom stereocenters. The van der Waals surface area contributed by atoms with Crippen LogP contribution in [0.3, 0.4) is 0 Å². The second-order valence-corrected chi connectivity index (χ2v) is 7.02. The summed E-state index contributed by atoms with van der Waals surface area (Å²) < 4.78 is 6.96. The molecule has 0 saturated carbocycles. The van der Waals surface area contributed by atoms with Crippen molar-refractivity contribution in [3.8, 4) is 0 Å². The fourth-order valence-corrected chi connectivity index (χ4v) is 2.88. The van der Waals surface area contributed by atoms with E-state index >= 15 is 0 Å². The van der Waals surface area contributed by atoms with Gasteiger partial charge in [-0.05, 0) is 27.7 Å². The minimum Gasteiger partial charge on any atom is -0.444 e. The fraction of sp³-hybridized carbons (Fsp3) is 0.500. The van der Waals surface area contributed by atoms with E-state index in [9.17, 15) is 14.4 Å². The average Bonchev–Trinajstić information content (AvgIpc) is 2.88. The van der Waals surface area contributed by atoms with Gasteiger partial charge >= 0.3 is 6.09 Å². The van der Waals surface area contributed by atoms with Crippen molar-refractivity contribution in [1.29, 1.82) is 0 Å². The van der Waals surface area contributed by atoms with E-state index in [0.717, 1.165) is 0 Å². The number of hydrogen-bond acceptors (Lipinski definition) is 5. The second-order valence-electron chi connectivity index (χ2n) is 7.02. The van der Waals surface area contributed by atoms with E-state index < -0.39 is 11.7 Å². The molecule has 2 aromatic rings. The molecule has 3 rings (SSSR count). The number of aromatic nitrogens is 3. The Morgan fingerprint density at radius 1 is 1.46 bits per heavy atom. The van der Waals surface area contributed by atoms with Gasteiger partial charge in [0.15, 0.2) is 6.29 Å². The van der Waals surface area contributed by atoms with Crippen LogP contribution in [0.25, 0.3) is 5.65 Å². The van der Waals surface area contributed by atoms with E-state index in [2.05, 4.69) is 10.1 Å². The molecule has 1 aliphatic rings. The van der Waals surface area contributed by atoms with E-state index in [1.54, 1.807) is 25.7 Å². The van der Waals surface area contributed by atoms with Crippen molar-refractivity contribution in [2.24, 2.45) is 0 Å². The Morgan fingerprint density at radius 3 is 2.79 bits per heavy atom. The number of nitrogens with one attached hydrogen (secondary N) is 1. The number of rotatable bonds is 1. The summed E-state index contributed by atoms with van der Waals surface area (Å²) in [7, 11) is 0. The molecule has 0 radical (unpaired) electrons. The summed E-state index contributed by atoms with van der Waals surface area (Å²) >= 11 is 0. The summed E-state index contributed by atoms with van der Waals surface area (Å²) in [5.74, 6) is 0. The first-order valence-corrected chi connectivity index (χ1v) is 7.78.